The number of halogens is 2. The zero-order chi connectivity index (χ0) is 24.9. The fourth-order valence-electron chi connectivity index (χ4n) is 4.07. The van der Waals surface area contributed by atoms with Crippen molar-refractivity contribution in [2.24, 2.45) is 10.9 Å². The summed E-state index contributed by atoms with van der Waals surface area (Å²) in [5.74, 6) is -0.0709. The molecule has 35 heavy (non-hydrogen) atoms. The number of nitriles is 1. The van der Waals surface area contributed by atoms with Gasteiger partial charge < -0.3 is 29.9 Å². The quantitative estimate of drug-likeness (QED) is 0.390. The first-order chi connectivity index (χ1) is 16.9. The Balaban J connectivity index is 1.47. The number of aliphatic imine (C=N–C) groups is 1. The van der Waals surface area contributed by atoms with Crippen LogP contribution in [0.1, 0.15) is 13.8 Å². The van der Waals surface area contributed by atoms with E-state index in [0.29, 0.717) is 50.0 Å². The number of urea groups is 1. The van der Waals surface area contributed by atoms with Gasteiger partial charge in [-0.15, -0.1) is 4.99 Å². The van der Waals surface area contributed by atoms with Crippen LogP contribution < -0.4 is 20.1 Å². The molecule has 1 saturated heterocycles. The normalized spacial score (nSPS) is 17.7. The van der Waals surface area contributed by atoms with E-state index in [0.717, 1.165) is 12.1 Å². The van der Waals surface area contributed by atoms with Crippen LogP contribution >= 0.6 is 0 Å². The van der Waals surface area contributed by atoms with Crippen LogP contribution in [0.4, 0.5) is 25.0 Å². The highest BCUT2D eigenvalue weighted by atomic mass is 19.1. The molecule has 1 fully saturated rings. The Labute approximate surface area is 201 Å². The molecule has 1 unspecified atom stereocenters. The number of ether oxygens (including phenoxy) is 2. The number of hydrogen-bond donors (Lipinski definition) is 2. The Kier molecular flexibility index (Phi) is 7.19. The van der Waals surface area contributed by atoms with E-state index in [1.165, 1.54) is 6.07 Å². The van der Waals surface area contributed by atoms with E-state index in [1.54, 1.807) is 29.3 Å². The highest BCUT2D eigenvalue weighted by molar-refractivity contribution is 5.95. The van der Waals surface area contributed by atoms with Gasteiger partial charge >= 0.3 is 6.03 Å². The molecule has 2 N–H and O–H groups in total. The van der Waals surface area contributed by atoms with Gasteiger partial charge in [0, 0.05) is 37.5 Å². The van der Waals surface area contributed by atoms with E-state index in [1.807, 2.05) is 18.7 Å². The lowest BCUT2D eigenvalue weighted by Gasteiger charge is -2.44. The van der Waals surface area contributed by atoms with Gasteiger partial charge in [-0.2, -0.15) is 5.26 Å². The van der Waals surface area contributed by atoms with Crippen LogP contribution in [0.2, 0.25) is 0 Å². The highest BCUT2D eigenvalue weighted by Gasteiger charge is 2.34. The number of fused-ring (bicyclic) bond motifs is 1. The molecule has 2 aliphatic rings. The number of piperazine rings is 1. The van der Waals surface area contributed by atoms with Gasteiger partial charge in [-0.1, -0.05) is 13.8 Å². The van der Waals surface area contributed by atoms with E-state index in [9.17, 15) is 18.8 Å². The van der Waals surface area contributed by atoms with Crippen molar-refractivity contribution in [1.82, 2.24) is 9.80 Å². The molecule has 0 aromatic heterocycles. The molecule has 184 valence electrons. The third-order valence-electron chi connectivity index (χ3n) is 5.87. The van der Waals surface area contributed by atoms with E-state index >= 15 is 0 Å². The van der Waals surface area contributed by atoms with Crippen LogP contribution in [-0.2, 0) is 0 Å². The molecule has 4 rings (SSSR count). The first-order valence-electron chi connectivity index (χ1n) is 11.3. The van der Waals surface area contributed by atoms with Crippen LogP contribution in [-0.4, -0.2) is 60.7 Å². The molecule has 2 amide bonds. The monoisotopic (exact) mass is 484 g/mol. The number of nitrogens with one attached hydrogen (secondary N) is 2. The second kappa shape index (κ2) is 10.5. The molecule has 9 nitrogen and oxygen atoms in total. The maximum atomic E-state index is 14.2. The molecule has 0 aliphatic carbocycles. The fourth-order valence-corrected chi connectivity index (χ4v) is 4.07. The minimum atomic E-state index is -0.797. The Hall–Kier alpha value is -4.07. The molecule has 1 atom stereocenters. The molecule has 0 radical (unpaired) electrons. The summed E-state index contributed by atoms with van der Waals surface area (Å²) >= 11 is 0. The number of guanidine groups is 1. The molecule has 2 aromatic carbocycles. The second-order valence-electron chi connectivity index (χ2n) is 8.52. The number of anilines is 2. The van der Waals surface area contributed by atoms with Crippen molar-refractivity contribution in [2.75, 3.05) is 43.5 Å². The average molecular weight is 485 g/mol. The molecule has 11 heteroatoms. The van der Waals surface area contributed by atoms with Crippen molar-refractivity contribution >= 4 is 23.4 Å². The van der Waals surface area contributed by atoms with Crippen molar-refractivity contribution in [1.29, 1.82) is 5.26 Å². The SMILES string of the molecule is CC(C)C1CN(C(=O)Nc2ccc3c(c2)OCCO3)CCN1/C(=N/C#N)Nc1ccc(F)cc1F. The second-order valence-corrected chi connectivity index (χ2v) is 8.52. The van der Waals surface area contributed by atoms with Gasteiger partial charge in [0.1, 0.15) is 24.8 Å². The Morgan fingerprint density at radius 2 is 1.89 bits per heavy atom. The standard InChI is InChI=1S/C24H26F2N6O3/c1-15(2)20-13-31(24(33)29-17-4-6-21-22(12-17)35-10-9-34-21)7-8-32(20)23(28-14-27)30-19-5-3-16(25)11-18(19)26/h3-6,11-12,15,20H,7-10,13H2,1-2H3,(H,28,30)(H,29,33). The summed E-state index contributed by atoms with van der Waals surface area (Å²) in [6.45, 7) is 5.96. The van der Waals surface area contributed by atoms with Crippen LogP contribution in [0, 0.1) is 29.0 Å². The molecule has 0 spiro atoms. The predicted molar refractivity (Wildman–Crippen MR) is 126 cm³/mol. The lowest BCUT2D eigenvalue weighted by Crippen LogP contribution is -2.60. The molecular weight excluding hydrogens is 458 g/mol. The summed E-state index contributed by atoms with van der Waals surface area (Å²) in [6.07, 6.45) is 1.74. The smallest absolute Gasteiger partial charge is 0.321 e. The molecule has 0 bridgehead atoms. The van der Waals surface area contributed by atoms with Gasteiger partial charge in [0.05, 0.1) is 11.7 Å². The lowest BCUT2D eigenvalue weighted by molar-refractivity contribution is 0.120. The summed E-state index contributed by atoms with van der Waals surface area (Å²) in [7, 11) is 0. The molecular formula is C24H26F2N6O3. The fraction of sp³-hybridized carbons (Fsp3) is 0.375. The molecule has 2 heterocycles. The lowest BCUT2D eigenvalue weighted by atomic mass is 10.00. The number of hydrogen-bond acceptors (Lipinski definition) is 5. The van der Waals surface area contributed by atoms with Gasteiger partial charge in [0.2, 0.25) is 12.2 Å². The van der Waals surface area contributed by atoms with Gasteiger partial charge in [0.25, 0.3) is 0 Å². The third-order valence-corrected chi connectivity index (χ3v) is 5.87. The van der Waals surface area contributed by atoms with Crippen LogP contribution in [0.3, 0.4) is 0 Å². The Bertz CT molecular complexity index is 1170. The number of carbonyl (C=O) groups excluding carboxylic acids is 1. The van der Waals surface area contributed by atoms with Crippen LogP contribution in [0.25, 0.3) is 0 Å². The molecule has 0 saturated carbocycles. The number of benzene rings is 2. The van der Waals surface area contributed by atoms with Crippen molar-refractivity contribution in [3.05, 3.63) is 48.0 Å². The maximum absolute atomic E-state index is 14.2. The largest absolute Gasteiger partial charge is 0.486 e. The Morgan fingerprint density at radius 1 is 1.11 bits per heavy atom. The third kappa shape index (κ3) is 5.54. The number of rotatable bonds is 3. The minimum Gasteiger partial charge on any atom is -0.486 e. The first-order valence-corrected chi connectivity index (χ1v) is 11.3. The summed E-state index contributed by atoms with van der Waals surface area (Å²) in [5, 5.41) is 14.9. The van der Waals surface area contributed by atoms with Crippen molar-refractivity contribution in [2.45, 2.75) is 19.9 Å². The summed E-state index contributed by atoms with van der Waals surface area (Å²) in [4.78, 5) is 20.4. The highest BCUT2D eigenvalue weighted by Crippen LogP contribution is 2.32. The topological polar surface area (TPSA) is 102 Å². The van der Waals surface area contributed by atoms with E-state index < -0.39 is 11.6 Å². The van der Waals surface area contributed by atoms with Gasteiger partial charge in [-0.25, -0.2) is 13.6 Å². The minimum absolute atomic E-state index is 0.00156. The van der Waals surface area contributed by atoms with Crippen molar-refractivity contribution in [3.8, 4) is 17.7 Å². The summed E-state index contributed by atoms with van der Waals surface area (Å²) < 4.78 is 38.6. The summed E-state index contributed by atoms with van der Waals surface area (Å²) in [5.41, 5.74) is 0.588. The average Bonchev–Trinajstić information content (AvgIpc) is 2.84. The number of carbonyl (C=O) groups is 1. The number of amides is 2. The first kappa shape index (κ1) is 24.1. The maximum Gasteiger partial charge on any atom is 0.321 e. The summed E-state index contributed by atoms with van der Waals surface area (Å²) in [6, 6.07) is 7.87. The molecule has 2 aromatic rings. The molecule has 2 aliphatic heterocycles. The predicted octanol–water partition coefficient (Wildman–Crippen LogP) is 3.86. The van der Waals surface area contributed by atoms with Crippen molar-refractivity contribution in [3.63, 3.8) is 0 Å². The van der Waals surface area contributed by atoms with Crippen molar-refractivity contribution < 1.29 is 23.0 Å². The number of nitrogens with zero attached hydrogens (tertiary/aromatic N) is 4. The van der Waals surface area contributed by atoms with E-state index in [-0.39, 0.29) is 29.6 Å². The van der Waals surface area contributed by atoms with Gasteiger partial charge in [0.15, 0.2) is 11.5 Å². The van der Waals surface area contributed by atoms with E-state index in [4.69, 9.17) is 9.47 Å². The van der Waals surface area contributed by atoms with Crippen LogP contribution in [0.15, 0.2) is 41.4 Å². The van der Waals surface area contributed by atoms with Crippen LogP contribution in [0.5, 0.6) is 11.5 Å². The zero-order valence-electron chi connectivity index (χ0n) is 19.4. The van der Waals surface area contributed by atoms with Gasteiger partial charge in [-0.3, -0.25) is 0 Å². The van der Waals surface area contributed by atoms with Gasteiger partial charge in [-0.05, 0) is 30.2 Å². The Morgan fingerprint density at radius 3 is 2.60 bits per heavy atom. The van der Waals surface area contributed by atoms with E-state index in [2.05, 4.69) is 15.6 Å². The zero-order valence-corrected chi connectivity index (χ0v) is 19.4.